The highest BCUT2D eigenvalue weighted by Crippen LogP contribution is 2.21. The number of fused-ring (bicyclic) bond motifs is 1. The molecule has 0 bridgehead atoms. The molecule has 1 saturated heterocycles. The minimum atomic E-state index is -0.0414. The van der Waals surface area contributed by atoms with E-state index in [1.165, 1.54) is 12.0 Å². The number of pyridine rings is 1. The van der Waals surface area contributed by atoms with Gasteiger partial charge < -0.3 is 14.1 Å². The maximum absolute atomic E-state index is 13.1. The topological polar surface area (TPSA) is 55.6 Å². The van der Waals surface area contributed by atoms with Gasteiger partial charge in [-0.2, -0.15) is 0 Å². The molecule has 1 fully saturated rings. The Kier molecular flexibility index (Phi) is 4.83. The van der Waals surface area contributed by atoms with Crippen LogP contribution in [0.1, 0.15) is 53.2 Å². The van der Waals surface area contributed by atoms with E-state index in [1.54, 1.807) is 6.26 Å². The van der Waals surface area contributed by atoms with Crippen molar-refractivity contribution in [3.63, 3.8) is 0 Å². The summed E-state index contributed by atoms with van der Waals surface area (Å²) in [6.45, 7) is 1.81. The predicted molar refractivity (Wildman–Crippen MR) is 93.3 cm³/mol. The van der Waals surface area contributed by atoms with Crippen molar-refractivity contribution in [2.24, 2.45) is 0 Å². The SMILES string of the molecule is O=C(c1ccc2c(n1)CCCC2)N(Cc1ccco1)C[C@@H]1CCCO1. The number of nitrogens with zero attached hydrogens (tertiary/aromatic N) is 2. The molecule has 0 radical (unpaired) electrons. The molecule has 0 spiro atoms. The second-order valence-electron chi connectivity index (χ2n) is 6.91. The first-order valence-electron chi connectivity index (χ1n) is 9.21. The van der Waals surface area contributed by atoms with Gasteiger partial charge in [-0.1, -0.05) is 6.07 Å². The molecule has 0 saturated carbocycles. The summed E-state index contributed by atoms with van der Waals surface area (Å²) in [6.07, 6.45) is 8.22. The second-order valence-corrected chi connectivity index (χ2v) is 6.91. The fraction of sp³-hybridized carbons (Fsp3) is 0.500. The zero-order valence-corrected chi connectivity index (χ0v) is 14.4. The summed E-state index contributed by atoms with van der Waals surface area (Å²) in [5.41, 5.74) is 2.91. The van der Waals surface area contributed by atoms with Crippen molar-refractivity contribution in [1.29, 1.82) is 0 Å². The summed E-state index contributed by atoms with van der Waals surface area (Å²) in [6, 6.07) is 7.69. The molecule has 1 aliphatic carbocycles. The van der Waals surface area contributed by atoms with Crippen LogP contribution >= 0.6 is 0 Å². The van der Waals surface area contributed by atoms with E-state index < -0.39 is 0 Å². The van der Waals surface area contributed by atoms with E-state index in [1.807, 2.05) is 23.1 Å². The van der Waals surface area contributed by atoms with Crippen molar-refractivity contribution in [2.45, 2.75) is 51.2 Å². The van der Waals surface area contributed by atoms with Gasteiger partial charge in [-0.25, -0.2) is 4.98 Å². The zero-order valence-electron chi connectivity index (χ0n) is 14.4. The van der Waals surface area contributed by atoms with Crippen LogP contribution in [-0.4, -0.2) is 35.0 Å². The number of amides is 1. The summed E-state index contributed by atoms with van der Waals surface area (Å²) in [4.78, 5) is 19.6. The van der Waals surface area contributed by atoms with Crippen molar-refractivity contribution >= 4 is 5.91 Å². The first kappa shape index (κ1) is 16.3. The first-order chi connectivity index (χ1) is 12.3. The van der Waals surface area contributed by atoms with Gasteiger partial charge in [0, 0.05) is 18.8 Å². The summed E-state index contributed by atoms with van der Waals surface area (Å²) in [7, 11) is 0. The van der Waals surface area contributed by atoms with Crippen molar-refractivity contribution < 1.29 is 13.9 Å². The van der Waals surface area contributed by atoms with E-state index in [4.69, 9.17) is 9.15 Å². The number of ether oxygens (including phenoxy) is 1. The lowest BCUT2D eigenvalue weighted by molar-refractivity contribution is 0.0487. The lowest BCUT2D eigenvalue weighted by Gasteiger charge is -2.25. The highest BCUT2D eigenvalue weighted by molar-refractivity contribution is 5.92. The molecule has 4 rings (SSSR count). The highest BCUT2D eigenvalue weighted by Gasteiger charge is 2.25. The molecule has 2 aliphatic rings. The van der Waals surface area contributed by atoms with Crippen LogP contribution in [0.5, 0.6) is 0 Å². The van der Waals surface area contributed by atoms with Gasteiger partial charge in [0.25, 0.3) is 5.91 Å². The number of furan rings is 1. The minimum absolute atomic E-state index is 0.0414. The van der Waals surface area contributed by atoms with Crippen molar-refractivity contribution in [3.05, 3.63) is 53.2 Å². The first-order valence-corrected chi connectivity index (χ1v) is 9.21. The van der Waals surface area contributed by atoms with Crippen molar-refractivity contribution in [3.8, 4) is 0 Å². The molecular weight excluding hydrogens is 316 g/mol. The number of aryl methyl sites for hydroxylation is 2. The molecule has 1 atom stereocenters. The van der Waals surface area contributed by atoms with E-state index in [0.29, 0.717) is 18.8 Å². The largest absolute Gasteiger partial charge is 0.467 e. The molecule has 0 aromatic carbocycles. The lowest BCUT2D eigenvalue weighted by Crippen LogP contribution is -2.37. The number of rotatable bonds is 5. The predicted octanol–water partition coefficient (Wildman–Crippen LogP) is 3.37. The molecule has 0 N–H and O–H groups in total. The Labute approximate surface area is 148 Å². The molecule has 3 heterocycles. The Bertz CT molecular complexity index is 721. The number of aromatic nitrogens is 1. The van der Waals surface area contributed by atoms with Crippen LogP contribution in [0.2, 0.25) is 0 Å². The van der Waals surface area contributed by atoms with Crippen LogP contribution in [-0.2, 0) is 24.1 Å². The standard InChI is InChI=1S/C20H24N2O3/c23-20(19-10-9-15-5-1-2-8-18(15)21-19)22(13-16-6-3-11-24-16)14-17-7-4-12-25-17/h3,6,9-11,17H,1-2,4-5,7-8,12-14H2/t17-/m0/s1. The fourth-order valence-electron chi connectivity index (χ4n) is 3.71. The van der Waals surface area contributed by atoms with Crippen LogP contribution in [0.15, 0.2) is 34.9 Å². The van der Waals surface area contributed by atoms with Gasteiger partial charge in [0.1, 0.15) is 11.5 Å². The quantitative estimate of drug-likeness (QED) is 0.837. The Balaban J connectivity index is 1.55. The van der Waals surface area contributed by atoms with Gasteiger partial charge in [0.15, 0.2) is 0 Å². The Morgan fingerprint density at radius 1 is 1.20 bits per heavy atom. The van der Waals surface area contributed by atoms with E-state index >= 15 is 0 Å². The second kappa shape index (κ2) is 7.40. The monoisotopic (exact) mass is 340 g/mol. The number of hydrogen-bond donors (Lipinski definition) is 0. The molecular formula is C20H24N2O3. The third-order valence-corrected chi connectivity index (χ3v) is 5.06. The van der Waals surface area contributed by atoms with E-state index in [2.05, 4.69) is 11.1 Å². The molecule has 5 nitrogen and oxygen atoms in total. The molecule has 2 aromatic heterocycles. The van der Waals surface area contributed by atoms with Crippen LogP contribution in [0.25, 0.3) is 0 Å². The van der Waals surface area contributed by atoms with E-state index in [9.17, 15) is 4.79 Å². The Hall–Kier alpha value is -2.14. The minimum Gasteiger partial charge on any atom is -0.467 e. The molecule has 1 amide bonds. The smallest absolute Gasteiger partial charge is 0.272 e. The van der Waals surface area contributed by atoms with Gasteiger partial charge in [-0.3, -0.25) is 4.79 Å². The van der Waals surface area contributed by atoms with Crippen LogP contribution in [0.3, 0.4) is 0 Å². The maximum Gasteiger partial charge on any atom is 0.272 e. The molecule has 132 valence electrons. The van der Waals surface area contributed by atoms with Crippen molar-refractivity contribution in [2.75, 3.05) is 13.2 Å². The fourth-order valence-corrected chi connectivity index (χ4v) is 3.71. The zero-order chi connectivity index (χ0) is 17.1. The number of carbonyl (C=O) groups is 1. The highest BCUT2D eigenvalue weighted by atomic mass is 16.5. The average molecular weight is 340 g/mol. The van der Waals surface area contributed by atoms with Gasteiger partial charge in [0.2, 0.25) is 0 Å². The summed E-state index contributed by atoms with van der Waals surface area (Å²) < 4.78 is 11.2. The van der Waals surface area contributed by atoms with Gasteiger partial charge in [-0.05, 0) is 62.3 Å². The lowest BCUT2D eigenvalue weighted by atomic mass is 9.96. The normalized spacial score (nSPS) is 19.6. The molecule has 5 heteroatoms. The van der Waals surface area contributed by atoms with E-state index in [-0.39, 0.29) is 12.0 Å². The number of carbonyl (C=O) groups excluding carboxylic acids is 1. The van der Waals surface area contributed by atoms with Crippen LogP contribution < -0.4 is 0 Å². The van der Waals surface area contributed by atoms with Crippen LogP contribution in [0, 0.1) is 0 Å². The van der Waals surface area contributed by atoms with E-state index in [0.717, 1.165) is 50.2 Å². The Morgan fingerprint density at radius 3 is 2.92 bits per heavy atom. The van der Waals surface area contributed by atoms with Crippen LogP contribution in [0.4, 0.5) is 0 Å². The molecule has 2 aromatic rings. The maximum atomic E-state index is 13.1. The Morgan fingerprint density at radius 2 is 2.12 bits per heavy atom. The summed E-state index contributed by atoms with van der Waals surface area (Å²) in [5, 5.41) is 0. The van der Waals surface area contributed by atoms with Crippen molar-refractivity contribution in [1.82, 2.24) is 9.88 Å². The number of hydrogen-bond acceptors (Lipinski definition) is 4. The molecule has 25 heavy (non-hydrogen) atoms. The molecule has 1 aliphatic heterocycles. The third kappa shape index (κ3) is 3.76. The third-order valence-electron chi connectivity index (χ3n) is 5.06. The molecule has 0 unspecified atom stereocenters. The van der Waals surface area contributed by atoms with Gasteiger partial charge in [0.05, 0.1) is 18.9 Å². The average Bonchev–Trinajstić information content (AvgIpc) is 3.34. The van der Waals surface area contributed by atoms with Gasteiger partial charge in [-0.15, -0.1) is 0 Å². The van der Waals surface area contributed by atoms with Gasteiger partial charge >= 0.3 is 0 Å². The summed E-state index contributed by atoms with van der Waals surface area (Å²) in [5.74, 6) is 0.740. The summed E-state index contributed by atoms with van der Waals surface area (Å²) >= 11 is 0.